The van der Waals surface area contributed by atoms with E-state index in [2.05, 4.69) is 20.8 Å². The summed E-state index contributed by atoms with van der Waals surface area (Å²) >= 11 is 1.42. The number of hydrogen-bond donors (Lipinski definition) is 2. The molecule has 2 heterocycles. The van der Waals surface area contributed by atoms with Crippen LogP contribution in [0.1, 0.15) is 47.3 Å². The number of hydrogen-bond acceptors (Lipinski definition) is 8. The molecule has 5 amide bonds. The van der Waals surface area contributed by atoms with Gasteiger partial charge in [0.1, 0.15) is 16.6 Å². The number of carbonyl (C=O) groups is 4. The van der Waals surface area contributed by atoms with E-state index >= 15 is 0 Å². The number of aromatic nitrogens is 2. The van der Waals surface area contributed by atoms with Crippen LogP contribution in [-0.2, 0) is 32.9 Å². The van der Waals surface area contributed by atoms with Crippen LogP contribution in [0.15, 0.2) is 18.2 Å². The summed E-state index contributed by atoms with van der Waals surface area (Å²) < 4.78 is 5.67. The summed E-state index contributed by atoms with van der Waals surface area (Å²) in [5, 5.41) is 14.9. The van der Waals surface area contributed by atoms with E-state index in [9.17, 15) is 19.2 Å². The highest BCUT2D eigenvalue weighted by Crippen LogP contribution is 2.46. The molecule has 2 aromatic rings. The first-order valence-corrected chi connectivity index (χ1v) is 12.8. The van der Waals surface area contributed by atoms with Crippen LogP contribution in [0.25, 0.3) is 0 Å². The van der Waals surface area contributed by atoms with Gasteiger partial charge < -0.3 is 20.3 Å². The van der Waals surface area contributed by atoms with E-state index < -0.39 is 17.6 Å². The van der Waals surface area contributed by atoms with Gasteiger partial charge in [-0.15, -0.1) is 10.2 Å². The van der Waals surface area contributed by atoms with E-state index in [1.54, 1.807) is 23.1 Å². The number of anilines is 1. The molecule has 0 radical (unpaired) electrons. The molecule has 2 fully saturated rings. The Labute approximate surface area is 212 Å². The third-order valence-corrected chi connectivity index (χ3v) is 7.95. The molecule has 0 bridgehead atoms. The van der Waals surface area contributed by atoms with Gasteiger partial charge in [0, 0.05) is 30.8 Å². The van der Waals surface area contributed by atoms with E-state index in [1.807, 2.05) is 13.8 Å². The lowest BCUT2D eigenvalue weighted by Gasteiger charge is -2.29. The van der Waals surface area contributed by atoms with Crippen molar-refractivity contribution in [1.29, 1.82) is 0 Å². The molecule has 1 spiro atoms. The number of nitrogens with one attached hydrogen (secondary N) is 2. The minimum absolute atomic E-state index is 0.0390. The first-order valence-electron chi connectivity index (χ1n) is 12.0. The minimum atomic E-state index is -1.44. The molecule has 1 aromatic carbocycles. The SMILES string of the molecule is CNC(=O)Nc1ccc2c(c1)CC[C@@]21OC(=O)N(CC(=O)N(Cc2nnc(C)s2)C(C)C2CC2)C1=O. The van der Waals surface area contributed by atoms with Crippen LogP contribution < -0.4 is 10.6 Å². The predicted molar refractivity (Wildman–Crippen MR) is 130 cm³/mol. The van der Waals surface area contributed by atoms with Crippen LogP contribution >= 0.6 is 11.3 Å². The molecular formula is C24H28N6O5S. The van der Waals surface area contributed by atoms with Gasteiger partial charge in [0.15, 0.2) is 0 Å². The first-order chi connectivity index (χ1) is 17.2. The maximum Gasteiger partial charge on any atom is 0.418 e. The summed E-state index contributed by atoms with van der Waals surface area (Å²) in [6.07, 6.45) is 2.05. The topological polar surface area (TPSA) is 134 Å². The number of aryl methyl sites for hydroxylation is 2. The van der Waals surface area contributed by atoms with Gasteiger partial charge in [0.05, 0.1) is 6.54 Å². The van der Waals surface area contributed by atoms with Crippen LogP contribution in [0, 0.1) is 12.8 Å². The Morgan fingerprint density at radius 1 is 1.31 bits per heavy atom. The number of rotatable bonds is 7. The van der Waals surface area contributed by atoms with Gasteiger partial charge in [0.25, 0.3) is 5.91 Å². The summed E-state index contributed by atoms with van der Waals surface area (Å²) in [5.41, 5.74) is 0.534. The fraction of sp³-hybridized carbons (Fsp3) is 0.500. The second-order valence-electron chi connectivity index (χ2n) is 9.48. The van der Waals surface area contributed by atoms with E-state index in [4.69, 9.17) is 4.74 Å². The molecule has 5 rings (SSSR count). The highest BCUT2D eigenvalue weighted by Gasteiger charge is 2.58. The van der Waals surface area contributed by atoms with Crippen molar-refractivity contribution in [3.8, 4) is 0 Å². The van der Waals surface area contributed by atoms with Crippen LogP contribution in [0.3, 0.4) is 0 Å². The Kier molecular flexibility index (Phi) is 6.15. The van der Waals surface area contributed by atoms with Crippen LogP contribution in [0.2, 0.25) is 0 Å². The molecule has 190 valence electrons. The van der Waals surface area contributed by atoms with Gasteiger partial charge in [-0.05, 0) is 56.7 Å². The maximum absolute atomic E-state index is 13.6. The van der Waals surface area contributed by atoms with Crippen molar-refractivity contribution in [2.24, 2.45) is 5.92 Å². The van der Waals surface area contributed by atoms with Crippen molar-refractivity contribution in [2.45, 2.75) is 57.7 Å². The molecule has 3 aliphatic rings. The fourth-order valence-electron chi connectivity index (χ4n) is 4.99. The van der Waals surface area contributed by atoms with Crippen molar-refractivity contribution in [3.63, 3.8) is 0 Å². The summed E-state index contributed by atoms with van der Waals surface area (Å²) in [4.78, 5) is 54.1. The van der Waals surface area contributed by atoms with Crippen LogP contribution in [0.5, 0.6) is 0 Å². The maximum atomic E-state index is 13.6. The Balaban J connectivity index is 1.34. The largest absolute Gasteiger partial charge is 0.427 e. The van der Waals surface area contributed by atoms with E-state index in [-0.39, 0.29) is 37.5 Å². The molecule has 12 heteroatoms. The minimum Gasteiger partial charge on any atom is -0.427 e. The summed E-state index contributed by atoms with van der Waals surface area (Å²) in [6, 6.07) is 4.74. The average molecular weight is 513 g/mol. The van der Waals surface area contributed by atoms with E-state index in [1.165, 1.54) is 18.4 Å². The van der Waals surface area contributed by atoms with Gasteiger partial charge in [-0.25, -0.2) is 14.5 Å². The van der Waals surface area contributed by atoms with Gasteiger partial charge in [-0.1, -0.05) is 17.4 Å². The monoisotopic (exact) mass is 512 g/mol. The second kappa shape index (κ2) is 9.16. The quantitative estimate of drug-likeness (QED) is 0.582. The first kappa shape index (κ1) is 24.2. The zero-order chi connectivity index (χ0) is 25.6. The number of imide groups is 1. The lowest BCUT2D eigenvalue weighted by Crippen LogP contribution is -2.47. The Morgan fingerprint density at radius 3 is 2.75 bits per heavy atom. The number of nitrogens with zero attached hydrogens (tertiary/aromatic N) is 4. The Hall–Kier alpha value is -3.54. The lowest BCUT2D eigenvalue weighted by molar-refractivity contribution is -0.143. The van der Waals surface area contributed by atoms with Crippen molar-refractivity contribution in [2.75, 3.05) is 18.9 Å². The molecule has 36 heavy (non-hydrogen) atoms. The lowest BCUT2D eigenvalue weighted by atomic mass is 9.94. The van der Waals surface area contributed by atoms with Crippen molar-refractivity contribution >= 4 is 41.0 Å². The molecular weight excluding hydrogens is 484 g/mol. The van der Waals surface area contributed by atoms with Crippen LogP contribution in [-0.4, -0.2) is 63.6 Å². The zero-order valence-electron chi connectivity index (χ0n) is 20.4. The van der Waals surface area contributed by atoms with Crippen molar-refractivity contribution in [3.05, 3.63) is 39.3 Å². The van der Waals surface area contributed by atoms with E-state index in [0.29, 0.717) is 28.6 Å². The third kappa shape index (κ3) is 4.29. The molecule has 2 aliphatic carbocycles. The zero-order valence-corrected chi connectivity index (χ0v) is 21.2. The van der Waals surface area contributed by atoms with Gasteiger partial charge in [-0.2, -0.15) is 0 Å². The smallest absolute Gasteiger partial charge is 0.418 e. The molecule has 1 saturated heterocycles. The number of urea groups is 1. The van der Waals surface area contributed by atoms with Crippen molar-refractivity contribution in [1.82, 2.24) is 25.3 Å². The molecule has 1 saturated carbocycles. The van der Waals surface area contributed by atoms with Gasteiger partial charge in [-0.3, -0.25) is 9.59 Å². The molecule has 1 unspecified atom stereocenters. The summed E-state index contributed by atoms with van der Waals surface area (Å²) in [7, 11) is 1.52. The second-order valence-corrected chi connectivity index (χ2v) is 10.7. The highest BCUT2D eigenvalue weighted by molar-refractivity contribution is 7.11. The summed E-state index contributed by atoms with van der Waals surface area (Å²) in [6.45, 7) is 3.74. The molecule has 2 N–H and O–H groups in total. The van der Waals surface area contributed by atoms with E-state index in [0.717, 1.165) is 28.3 Å². The standard InChI is InChI=1S/C24H28N6O5S/c1-13(15-4-5-15)29(11-19-28-27-14(2)36-19)20(31)12-30-21(32)24(35-23(30)34)9-8-16-10-17(6-7-18(16)24)26-22(33)25-3/h6-7,10,13,15H,4-5,8-9,11-12H2,1-3H3,(H2,25,26,33)/t13?,24-/m1/s1. The van der Waals surface area contributed by atoms with Gasteiger partial charge >= 0.3 is 12.1 Å². The normalized spacial score (nSPS) is 21.4. The molecule has 2 atom stereocenters. The molecule has 1 aliphatic heterocycles. The van der Waals surface area contributed by atoms with Gasteiger partial charge in [0.2, 0.25) is 11.5 Å². The molecule has 11 nitrogen and oxygen atoms in total. The number of ether oxygens (including phenoxy) is 1. The predicted octanol–water partition coefficient (Wildman–Crippen LogP) is 2.55. The number of benzene rings is 1. The number of carbonyl (C=O) groups excluding carboxylic acids is 4. The summed E-state index contributed by atoms with van der Waals surface area (Å²) in [5.74, 6) is -0.458. The highest BCUT2D eigenvalue weighted by atomic mass is 32.1. The fourth-order valence-corrected chi connectivity index (χ4v) is 5.70. The molecule has 1 aromatic heterocycles. The van der Waals surface area contributed by atoms with Crippen LogP contribution in [0.4, 0.5) is 15.3 Å². The average Bonchev–Trinajstić information content (AvgIpc) is 3.48. The Bertz CT molecular complexity index is 1240. The number of fused-ring (bicyclic) bond motifs is 2. The van der Waals surface area contributed by atoms with Crippen molar-refractivity contribution < 1.29 is 23.9 Å². The third-order valence-electron chi connectivity index (χ3n) is 7.13. The Morgan fingerprint density at radius 2 is 2.08 bits per heavy atom. The number of amides is 5.